The van der Waals surface area contributed by atoms with E-state index < -0.39 is 0 Å². The Kier molecular flexibility index (Phi) is 3.24. The molecule has 0 radical (unpaired) electrons. The first-order valence-corrected chi connectivity index (χ1v) is 5.70. The summed E-state index contributed by atoms with van der Waals surface area (Å²) in [4.78, 5) is 4.18. The second-order valence-electron chi connectivity index (χ2n) is 4.41. The number of imidazole rings is 1. The van der Waals surface area contributed by atoms with Crippen molar-refractivity contribution in [2.24, 2.45) is 0 Å². The van der Waals surface area contributed by atoms with Gasteiger partial charge < -0.3 is 4.57 Å². The number of nitriles is 1. The van der Waals surface area contributed by atoms with Crippen LogP contribution in [0.15, 0.2) is 36.8 Å². The Hall–Kier alpha value is -2.08. The number of aromatic nitrogens is 2. The monoisotopic (exact) mass is 225 g/mol. The SMILES string of the molecule is CC(C)c1cncn1Cc1ccc(C#N)cc1. The summed E-state index contributed by atoms with van der Waals surface area (Å²) in [6, 6.07) is 9.80. The van der Waals surface area contributed by atoms with Gasteiger partial charge in [0.15, 0.2) is 0 Å². The van der Waals surface area contributed by atoms with Crippen LogP contribution in [0.5, 0.6) is 0 Å². The molecule has 2 rings (SSSR count). The van der Waals surface area contributed by atoms with Gasteiger partial charge in [0.25, 0.3) is 0 Å². The van der Waals surface area contributed by atoms with Gasteiger partial charge in [-0.05, 0) is 23.6 Å². The van der Waals surface area contributed by atoms with Crippen LogP contribution in [-0.4, -0.2) is 9.55 Å². The van der Waals surface area contributed by atoms with E-state index in [1.807, 2.05) is 36.8 Å². The zero-order chi connectivity index (χ0) is 12.3. The van der Waals surface area contributed by atoms with E-state index in [9.17, 15) is 0 Å². The number of hydrogen-bond acceptors (Lipinski definition) is 2. The molecular weight excluding hydrogens is 210 g/mol. The average Bonchev–Trinajstić information content (AvgIpc) is 2.78. The Morgan fingerprint density at radius 1 is 1.29 bits per heavy atom. The van der Waals surface area contributed by atoms with Gasteiger partial charge >= 0.3 is 0 Å². The van der Waals surface area contributed by atoms with Crippen LogP contribution < -0.4 is 0 Å². The maximum atomic E-state index is 8.74. The van der Waals surface area contributed by atoms with Crippen LogP contribution in [0.2, 0.25) is 0 Å². The highest BCUT2D eigenvalue weighted by atomic mass is 15.0. The molecule has 0 amide bonds. The number of nitrogens with zero attached hydrogens (tertiary/aromatic N) is 3. The van der Waals surface area contributed by atoms with Crippen molar-refractivity contribution < 1.29 is 0 Å². The smallest absolute Gasteiger partial charge is 0.0991 e. The number of rotatable bonds is 3. The van der Waals surface area contributed by atoms with E-state index in [-0.39, 0.29) is 0 Å². The molecule has 0 N–H and O–H groups in total. The molecule has 0 fully saturated rings. The standard InChI is InChI=1S/C14H15N3/c1-11(2)14-8-16-10-17(14)9-13-5-3-12(7-15)4-6-13/h3-6,8,10-11H,9H2,1-2H3. The highest BCUT2D eigenvalue weighted by Crippen LogP contribution is 2.15. The van der Waals surface area contributed by atoms with Gasteiger partial charge in [-0.1, -0.05) is 26.0 Å². The van der Waals surface area contributed by atoms with E-state index in [1.54, 1.807) is 0 Å². The molecule has 0 spiro atoms. The molecule has 0 aliphatic rings. The van der Waals surface area contributed by atoms with Crippen LogP contribution in [0.1, 0.15) is 36.6 Å². The zero-order valence-electron chi connectivity index (χ0n) is 10.1. The lowest BCUT2D eigenvalue weighted by Gasteiger charge is -2.10. The molecular formula is C14H15N3. The zero-order valence-corrected chi connectivity index (χ0v) is 10.1. The van der Waals surface area contributed by atoms with Gasteiger partial charge in [0.1, 0.15) is 0 Å². The summed E-state index contributed by atoms with van der Waals surface area (Å²) in [7, 11) is 0. The molecule has 0 atom stereocenters. The molecule has 0 bridgehead atoms. The highest BCUT2D eigenvalue weighted by Gasteiger charge is 2.06. The van der Waals surface area contributed by atoms with Crippen LogP contribution >= 0.6 is 0 Å². The minimum atomic E-state index is 0.468. The van der Waals surface area contributed by atoms with Gasteiger partial charge in [0, 0.05) is 18.4 Å². The molecule has 3 heteroatoms. The van der Waals surface area contributed by atoms with Crippen LogP contribution in [0, 0.1) is 11.3 Å². The largest absolute Gasteiger partial charge is 0.330 e. The van der Waals surface area contributed by atoms with Crippen LogP contribution in [0.25, 0.3) is 0 Å². The second-order valence-corrected chi connectivity index (χ2v) is 4.41. The Morgan fingerprint density at radius 3 is 2.59 bits per heavy atom. The summed E-state index contributed by atoms with van der Waals surface area (Å²) in [5.41, 5.74) is 3.11. The van der Waals surface area contributed by atoms with Gasteiger partial charge in [0.05, 0.1) is 18.0 Å². The van der Waals surface area contributed by atoms with Crippen molar-refractivity contribution in [1.82, 2.24) is 9.55 Å². The lowest BCUT2D eigenvalue weighted by Crippen LogP contribution is -2.04. The van der Waals surface area contributed by atoms with E-state index in [4.69, 9.17) is 5.26 Å². The molecule has 1 aromatic carbocycles. The molecule has 0 unspecified atom stereocenters. The Balaban J connectivity index is 2.20. The summed E-state index contributed by atoms with van der Waals surface area (Å²) in [5.74, 6) is 0.468. The lowest BCUT2D eigenvalue weighted by molar-refractivity contribution is 0.691. The fraction of sp³-hybridized carbons (Fsp3) is 0.286. The van der Waals surface area contributed by atoms with Crippen molar-refractivity contribution in [2.75, 3.05) is 0 Å². The average molecular weight is 225 g/mol. The fourth-order valence-corrected chi connectivity index (χ4v) is 1.83. The summed E-state index contributed by atoms with van der Waals surface area (Å²) in [6.45, 7) is 5.12. The first-order valence-electron chi connectivity index (χ1n) is 5.70. The van der Waals surface area contributed by atoms with Crippen LogP contribution in [0.4, 0.5) is 0 Å². The van der Waals surface area contributed by atoms with E-state index >= 15 is 0 Å². The van der Waals surface area contributed by atoms with Crippen molar-refractivity contribution in [2.45, 2.75) is 26.3 Å². The maximum absolute atomic E-state index is 8.74. The minimum absolute atomic E-state index is 0.468. The first kappa shape index (κ1) is 11.4. The van der Waals surface area contributed by atoms with Crippen molar-refractivity contribution in [3.8, 4) is 6.07 Å². The van der Waals surface area contributed by atoms with Gasteiger partial charge in [0.2, 0.25) is 0 Å². The van der Waals surface area contributed by atoms with Crippen molar-refractivity contribution in [3.05, 3.63) is 53.6 Å². The molecule has 1 heterocycles. The van der Waals surface area contributed by atoms with Crippen LogP contribution in [0.3, 0.4) is 0 Å². The summed E-state index contributed by atoms with van der Waals surface area (Å²) < 4.78 is 2.14. The topological polar surface area (TPSA) is 41.6 Å². The Bertz CT molecular complexity index is 529. The van der Waals surface area contributed by atoms with Gasteiger partial charge in [-0.15, -0.1) is 0 Å². The molecule has 86 valence electrons. The third-order valence-electron chi connectivity index (χ3n) is 2.77. The van der Waals surface area contributed by atoms with Crippen molar-refractivity contribution >= 4 is 0 Å². The van der Waals surface area contributed by atoms with E-state index in [0.29, 0.717) is 11.5 Å². The Morgan fingerprint density at radius 2 is 2.00 bits per heavy atom. The van der Waals surface area contributed by atoms with Crippen LogP contribution in [-0.2, 0) is 6.54 Å². The molecule has 2 aromatic rings. The van der Waals surface area contributed by atoms with Gasteiger partial charge in [-0.3, -0.25) is 0 Å². The third-order valence-corrected chi connectivity index (χ3v) is 2.77. The van der Waals surface area contributed by atoms with Gasteiger partial charge in [-0.25, -0.2) is 4.98 Å². The molecule has 0 aliphatic carbocycles. The maximum Gasteiger partial charge on any atom is 0.0991 e. The normalized spacial score (nSPS) is 10.5. The summed E-state index contributed by atoms with van der Waals surface area (Å²) in [6.07, 6.45) is 3.77. The highest BCUT2D eigenvalue weighted by molar-refractivity contribution is 5.31. The predicted molar refractivity (Wildman–Crippen MR) is 66.6 cm³/mol. The van der Waals surface area contributed by atoms with Crippen molar-refractivity contribution in [3.63, 3.8) is 0 Å². The quantitative estimate of drug-likeness (QED) is 0.806. The fourth-order valence-electron chi connectivity index (χ4n) is 1.83. The van der Waals surface area contributed by atoms with E-state index in [0.717, 1.165) is 6.54 Å². The molecule has 0 saturated carbocycles. The predicted octanol–water partition coefficient (Wildman–Crippen LogP) is 2.93. The molecule has 0 saturated heterocycles. The minimum Gasteiger partial charge on any atom is -0.330 e. The second kappa shape index (κ2) is 4.84. The lowest BCUT2D eigenvalue weighted by atomic mass is 10.1. The number of hydrogen-bond donors (Lipinski definition) is 0. The Labute approximate surface area is 101 Å². The van der Waals surface area contributed by atoms with Gasteiger partial charge in [-0.2, -0.15) is 5.26 Å². The molecule has 17 heavy (non-hydrogen) atoms. The first-order chi connectivity index (χ1) is 8.20. The third kappa shape index (κ3) is 2.54. The molecule has 1 aromatic heterocycles. The summed E-state index contributed by atoms with van der Waals surface area (Å²) >= 11 is 0. The van der Waals surface area contributed by atoms with Crippen molar-refractivity contribution in [1.29, 1.82) is 5.26 Å². The molecule has 0 aliphatic heterocycles. The molecule has 3 nitrogen and oxygen atoms in total. The number of benzene rings is 1. The summed E-state index contributed by atoms with van der Waals surface area (Å²) in [5, 5.41) is 8.74. The van der Waals surface area contributed by atoms with E-state index in [2.05, 4.69) is 29.5 Å². The van der Waals surface area contributed by atoms with E-state index in [1.165, 1.54) is 11.3 Å².